The van der Waals surface area contributed by atoms with E-state index in [0.29, 0.717) is 17.3 Å². The first-order chi connectivity index (χ1) is 9.71. The molecule has 0 aliphatic rings. The highest BCUT2D eigenvalue weighted by Gasteiger charge is 2.34. The van der Waals surface area contributed by atoms with Crippen LogP contribution in [0.25, 0.3) is 11.3 Å². The number of aromatic nitrogens is 2. The predicted octanol–water partition coefficient (Wildman–Crippen LogP) is 4.01. The van der Waals surface area contributed by atoms with E-state index in [2.05, 4.69) is 9.97 Å². The van der Waals surface area contributed by atoms with Crippen molar-refractivity contribution in [2.45, 2.75) is 25.9 Å². The summed E-state index contributed by atoms with van der Waals surface area (Å²) in [6, 6.07) is 2.70. The number of alkyl halides is 3. The van der Waals surface area contributed by atoms with Gasteiger partial charge in [0.1, 0.15) is 18.0 Å². The molecule has 1 aromatic carbocycles. The number of benzene rings is 1. The number of anilines is 1. The molecule has 7 heteroatoms. The van der Waals surface area contributed by atoms with Crippen molar-refractivity contribution in [1.29, 1.82) is 0 Å². The molecule has 112 valence electrons. The first-order valence-electron chi connectivity index (χ1n) is 6.19. The Bertz CT molecular complexity index is 666. The fourth-order valence-corrected chi connectivity index (χ4v) is 2.10. The smallest absolute Gasteiger partial charge is 0.383 e. The number of hydrogen-bond donors (Lipinski definition) is 1. The van der Waals surface area contributed by atoms with Gasteiger partial charge in [0, 0.05) is 11.1 Å². The summed E-state index contributed by atoms with van der Waals surface area (Å²) in [6.45, 7) is 3.69. The lowest BCUT2D eigenvalue weighted by Crippen LogP contribution is -2.09. The second kappa shape index (κ2) is 5.31. The van der Waals surface area contributed by atoms with E-state index in [4.69, 9.17) is 5.73 Å². The molecule has 0 spiro atoms. The maximum Gasteiger partial charge on any atom is 0.419 e. The van der Waals surface area contributed by atoms with Crippen LogP contribution in [0.2, 0.25) is 0 Å². The minimum absolute atomic E-state index is 0.0495. The Morgan fingerprint density at radius 2 is 1.81 bits per heavy atom. The Kier molecular flexibility index (Phi) is 3.85. The third-order valence-corrected chi connectivity index (χ3v) is 3.04. The van der Waals surface area contributed by atoms with Crippen molar-refractivity contribution in [3.05, 3.63) is 41.5 Å². The van der Waals surface area contributed by atoms with Gasteiger partial charge < -0.3 is 5.73 Å². The molecule has 0 aliphatic carbocycles. The SMILES string of the molecule is CC(C)c1c(N)ncnc1-c1ccc(C(F)(F)F)c(F)c1. The molecule has 3 nitrogen and oxygen atoms in total. The van der Waals surface area contributed by atoms with E-state index in [9.17, 15) is 17.6 Å². The van der Waals surface area contributed by atoms with Gasteiger partial charge in [0.05, 0.1) is 11.3 Å². The van der Waals surface area contributed by atoms with Crippen LogP contribution in [-0.4, -0.2) is 9.97 Å². The van der Waals surface area contributed by atoms with Crippen molar-refractivity contribution < 1.29 is 17.6 Å². The monoisotopic (exact) mass is 299 g/mol. The molecule has 0 bridgehead atoms. The van der Waals surface area contributed by atoms with Crippen molar-refractivity contribution in [2.24, 2.45) is 0 Å². The standard InChI is InChI=1S/C14H13F4N3/c1-7(2)11-12(20-6-21-13(11)19)8-3-4-9(10(15)5-8)14(16,17)18/h3-7H,1-2H3,(H2,19,20,21). The molecule has 2 N–H and O–H groups in total. The molecule has 0 saturated carbocycles. The van der Waals surface area contributed by atoms with Crippen LogP contribution in [0.5, 0.6) is 0 Å². The summed E-state index contributed by atoms with van der Waals surface area (Å²) < 4.78 is 51.4. The number of hydrogen-bond acceptors (Lipinski definition) is 3. The third kappa shape index (κ3) is 2.96. The lowest BCUT2D eigenvalue weighted by atomic mass is 9.97. The molecule has 2 aromatic rings. The number of nitrogens with zero attached hydrogens (tertiary/aromatic N) is 2. The average molecular weight is 299 g/mol. The van der Waals surface area contributed by atoms with Gasteiger partial charge in [-0.1, -0.05) is 19.9 Å². The van der Waals surface area contributed by atoms with E-state index >= 15 is 0 Å². The first-order valence-corrected chi connectivity index (χ1v) is 6.19. The summed E-state index contributed by atoms with van der Waals surface area (Å²) in [6.07, 6.45) is -3.53. The molecule has 1 aromatic heterocycles. The zero-order chi connectivity index (χ0) is 15.8. The first kappa shape index (κ1) is 15.2. The normalized spacial score (nSPS) is 12.0. The van der Waals surface area contributed by atoms with Crippen molar-refractivity contribution in [3.8, 4) is 11.3 Å². The van der Waals surface area contributed by atoms with Gasteiger partial charge >= 0.3 is 6.18 Å². The van der Waals surface area contributed by atoms with Crippen LogP contribution >= 0.6 is 0 Å². The van der Waals surface area contributed by atoms with Crippen molar-refractivity contribution in [3.63, 3.8) is 0 Å². The van der Waals surface area contributed by atoms with E-state index in [1.54, 1.807) is 0 Å². The molecule has 0 unspecified atom stereocenters. The highest BCUT2D eigenvalue weighted by Crippen LogP contribution is 2.35. The second-order valence-electron chi connectivity index (χ2n) is 4.87. The molecule has 21 heavy (non-hydrogen) atoms. The van der Waals surface area contributed by atoms with Gasteiger partial charge in [0.15, 0.2) is 0 Å². The largest absolute Gasteiger partial charge is 0.419 e. The van der Waals surface area contributed by atoms with Gasteiger partial charge in [-0.2, -0.15) is 13.2 Å². The Labute approximate surface area is 118 Å². The van der Waals surface area contributed by atoms with Crippen LogP contribution in [0.4, 0.5) is 23.4 Å². The summed E-state index contributed by atoms with van der Waals surface area (Å²) in [5.41, 5.74) is 5.62. The maximum atomic E-state index is 13.7. The average Bonchev–Trinajstić information content (AvgIpc) is 2.36. The summed E-state index contributed by atoms with van der Waals surface area (Å²) in [5, 5.41) is 0. The predicted molar refractivity (Wildman–Crippen MR) is 70.9 cm³/mol. The fourth-order valence-electron chi connectivity index (χ4n) is 2.10. The van der Waals surface area contributed by atoms with Crippen LogP contribution in [-0.2, 0) is 6.18 Å². The molecule has 0 radical (unpaired) electrons. The molecule has 2 rings (SSSR count). The van der Waals surface area contributed by atoms with Crippen LogP contribution in [0.1, 0.15) is 30.9 Å². The lowest BCUT2D eigenvalue weighted by Gasteiger charge is -2.15. The molecule has 0 amide bonds. The molecule has 0 aliphatic heterocycles. The summed E-state index contributed by atoms with van der Waals surface area (Å²) in [4.78, 5) is 7.88. The highest BCUT2D eigenvalue weighted by molar-refractivity contribution is 5.68. The van der Waals surface area contributed by atoms with E-state index < -0.39 is 17.6 Å². The summed E-state index contributed by atoms with van der Waals surface area (Å²) >= 11 is 0. The third-order valence-electron chi connectivity index (χ3n) is 3.04. The Morgan fingerprint density at radius 3 is 2.33 bits per heavy atom. The number of nitrogens with two attached hydrogens (primary N) is 1. The van der Waals surface area contributed by atoms with E-state index in [1.807, 2.05) is 13.8 Å². The fraction of sp³-hybridized carbons (Fsp3) is 0.286. The van der Waals surface area contributed by atoms with Crippen LogP contribution in [0, 0.1) is 5.82 Å². The molecular weight excluding hydrogens is 286 g/mol. The van der Waals surface area contributed by atoms with Gasteiger partial charge in [-0.3, -0.25) is 0 Å². The van der Waals surface area contributed by atoms with Crippen LogP contribution < -0.4 is 5.73 Å². The summed E-state index contributed by atoms with van der Waals surface area (Å²) in [5.74, 6) is -1.16. The zero-order valence-electron chi connectivity index (χ0n) is 11.4. The van der Waals surface area contributed by atoms with Crippen LogP contribution in [0.3, 0.4) is 0 Å². The van der Waals surface area contributed by atoms with Gasteiger partial charge in [-0.15, -0.1) is 0 Å². The number of halogens is 4. The summed E-state index contributed by atoms with van der Waals surface area (Å²) in [7, 11) is 0. The van der Waals surface area contributed by atoms with Crippen LogP contribution in [0.15, 0.2) is 24.5 Å². The Balaban J connectivity index is 2.59. The highest BCUT2D eigenvalue weighted by atomic mass is 19.4. The molecule has 1 heterocycles. The van der Waals surface area contributed by atoms with Crippen molar-refractivity contribution in [2.75, 3.05) is 5.73 Å². The Hall–Kier alpha value is -2.18. The molecule has 0 saturated heterocycles. The minimum Gasteiger partial charge on any atom is -0.383 e. The number of rotatable bonds is 2. The molecule has 0 fully saturated rings. The molecular formula is C14H13F4N3. The second-order valence-corrected chi connectivity index (χ2v) is 4.87. The minimum atomic E-state index is -4.73. The van der Waals surface area contributed by atoms with E-state index in [-0.39, 0.29) is 17.3 Å². The molecule has 0 atom stereocenters. The van der Waals surface area contributed by atoms with Gasteiger partial charge in [0.25, 0.3) is 0 Å². The Morgan fingerprint density at radius 1 is 1.14 bits per heavy atom. The van der Waals surface area contributed by atoms with Crippen molar-refractivity contribution >= 4 is 5.82 Å². The maximum absolute atomic E-state index is 13.7. The van der Waals surface area contributed by atoms with Gasteiger partial charge in [-0.05, 0) is 18.1 Å². The van der Waals surface area contributed by atoms with E-state index in [0.717, 1.165) is 6.07 Å². The zero-order valence-corrected chi connectivity index (χ0v) is 11.4. The van der Waals surface area contributed by atoms with Crippen molar-refractivity contribution in [1.82, 2.24) is 9.97 Å². The van der Waals surface area contributed by atoms with Gasteiger partial charge in [-0.25, -0.2) is 14.4 Å². The topological polar surface area (TPSA) is 51.8 Å². The lowest BCUT2D eigenvalue weighted by molar-refractivity contribution is -0.139. The van der Waals surface area contributed by atoms with Gasteiger partial charge in [0.2, 0.25) is 0 Å². The number of nitrogen functional groups attached to an aromatic ring is 1. The quantitative estimate of drug-likeness (QED) is 0.852. The van der Waals surface area contributed by atoms with E-state index in [1.165, 1.54) is 12.4 Å².